The summed E-state index contributed by atoms with van der Waals surface area (Å²) >= 11 is 1.68. The number of fused-ring (bicyclic) bond motifs is 1. The van der Waals surface area contributed by atoms with Crippen LogP contribution in [0.1, 0.15) is 57.1 Å². The molecule has 1 amide bonds. The van der Waals surface area contributed by atoms with E-state index in [0.717, 1.165) is 48.3 Å². The van der Waals surface area contributed by atoms with Gasteiger partial charge in [0.15, 0.2) is 0 Å². The number of carbonyl (C=O) groups excluding carboxylic acids is 1. The van der Waals surface area contributed by atoms with Crippen LogP contribution in [0.15, 0.2) is 6.20 Å². The molecule has 0 radical (unpaired) electrons. The summed E-state index contributed by atoms with van der Waals surface area (Å²) in [7, 11) is 0. The number of rotatable bonds is 3. The monoisotopic (exact) mass is 387 g/mol. The summed E-state index contributed by atoms with van der Waals surface area (Å²) in [4.78, 5) is 23.1. The zero-order chi connectivity index (χ0) is 18.4. The first-order chi connectivity index (χ1) is 13.2. The molecular formula is C20H29N5OS. The molecule has 6 nitrogen and oxygen atoms in total. The summed E-state index contributed by atoms with van der Waals surface area (Å²) in [6.45, 7) is 5.09. The molecule has 5 rings (SSSR count). The van der Waals surface area contributed by atoms with E-state index in [1.54, 1.807) is 11.3 Å². The van der Waals surface area contributed by atoms with Gasteiger partial charge in [-0.2, -0.15) is 0 Å². The van der Waals surface area contributed by atoms with Gasteiger partial charge in [-0.05, 0) is 51.4 Å². The van der Waals surface area contributed by atoms with Gasteiger partial charge in [0.25, 0.3) is 0 Å². The van der Waals surface area contributed by atoms with Gasteiger partial charge >= 0.3 is 0 Å². The zero-order valence-electron chi connectivity index (χ0n) is 16.1. The molecule has 0 spiro atoms. The van der Waals surface area contributed by atoms with Crippen molar-refractivity contribution in [3.8, 4) is 0 Å². The van der Waals surface area contributed by atoms with Crippen LogP contribution in [0.3, 0.4) is 0 Å². The van der Waals surface area contributed by atoms with Gasteiger partial charge < -0.3 is 9.80 Å². The van der Waals surface area contributed by atoms with Crippen molar-refractivity contribution in [2.24, 2.45) is 11.8 Å². The van der Waals surface area contributed by atoms with Gasteiger partial charge in [-0.3, -0.25) is 4.79 Å². The largest absolute Gasteiger partial charge is 0.347 e. The summed E-state index contributed by atoms with van der Waals surface area (Å²) in [6, 6.07) is 0.471. The maximum Gasteiger partial charge on any atom is 0.225 e. The van der Waals surface area contributed by atoms with Crippen LogP contribution in [0.5, 0.6) is 0 Å². The number of aryl methyl sites for hydroxylation is 1. The number of likely N-dealkylation sites (tertiary alicyclic amines) is 1. The highest BCUT2D eigenvalue weighted by Crippen LogP contribution is 2.37. The Morgan fingerprint density at radius 2 is 1.89 bits per heavy atom. The minimum atomic E-state index is 0.348. The molecule has 0 N–H and O–H groups in total. The third-order valence-corrected chi connectivity index (χ3v) is 7.50. The third-order valence-electron chi connectivity index (χ3n) is 6.52. The van der Waals surface area contributed by atoms with E-state index in [-0.39, 0.29) is 0 Å². The first kappa shape index (κ1) is 17.5. The Labute approximate surface area is 164 Å². The smallest absolute Gasteiger partial charge is 0.225 e. The van der Waals surface area contributed by atoms with Crippen LogP contribution in [-0.2, 0) is 4.79 Å². The molecule has 2 aromatic rings. The fraction of sp³-hybridized carbons (Fsp3) is 0.750. The van der Waals surface area contributed by atoms with E-state index in [0.29, 0.717) is 23.8 Å². The lowest BCUT2D eigenvalue weighted by atomic mass is 9.86. The van der Waals surface area contributed by atoms with Crippen molar-refractivity contribution in [2.45, 2.75) is 64.3 Å². The van der Waals surface area contributed by atoms with Crippen LogP contribution in [0, 0.1) is 18.8 Å². The Morgan fingerprint density at radius 3 is 2.63 bits per heavy atom. The molecule has 27 heavy (non-hydrogen) atoms. The van der Waals surface area contributed by atoms with Gasteiger partial charge in [0.05, 0.1) is 11.9 Å². The molecule has 1 aliphatic carbocycles. The number of anilines is 1. The second kappa shape index (κ2) is 7.08. The molecule has 146 valence electrons. The number of aromatic nitrogens is 3. The number of hydrogen-bond acceptors (Lipinski definition) is 5. The predicted octanol–water partition coefficient (Wildman–Crippen LogP) is 3.50. The van der Waals surface area contributed by atoms with E-state index in [1.807, 2.05) is 17.6 Å². The molecule has 1 saturated carbocycles. The van der Waals surface area contributed by atoms with Crippen molar-refractivity contribution < 1.29 is 4.79 Å². The number of amides is 1. The molecule has 3 aliphatic rings. The lowest BCUT2D eigenvalue weighted by Gasteiger charge is -2.40. The fourth-order valence-electron chi connectivity index (χ4n) is 4.86. The maximum atomic E-state index is 12.8. The summed E-state index contributed by atoms with van der Waals surface area (Å²) in [5.41, 5.74) is 1.02. The number of carbonyl (C=O) groups is 1. The third kappa shape index (κ3) is 3.46. The van der Waals surface area contributed by atoms with Gasteiger partial charge in [0, 0.05) is 31.6 Å². The van der Waals surface area contributed by atoms with Gasteiger partial charge in [-0.25, -0.2) is 9.50 Å². The van der Waals surface area contributed by atoms with Crippen molar-refractivity contribution >= 4 is 27.3 Å². The number of piperidine rings is 1. The molecule has 2 aliphatic heterocycles. The fourth-order valence-corrected chi connectivity index (χ4v) is 5.85. The van der Waals surface area contributed by atoms with Crippen LogP contribution in [0.4, 0.5) is 5.13 Å². The van der Waals surface area contributed by atoms with Gasteiger partial charge in [-0.15, -0.1) is 5.10 Å². The van der Waals surface area contributed by atoms with E-state index >= 15 is 0 Å². The molecule has 1 atom stereocenters. The van der Waals surface area contributed by atoms with Crippen LogP contribution < -0.4 is 4.90 Å². The minimum absolute atomic E-state index is 0.348. The zero-order valence-corrected chi connectivity index (χ0v) is 17.0. The molecule has 0 bridgehead atoms. The van der Waals surface area contributed by atoms with Gasteiger partial charge in [-0.1, -0.05) is 24.2 Å². The summed E-state index contributed by atoms with van der Waals surface area (Å²) < 4.78 is 1.91. The standard InChI is InChI=1S/C20H29N5OS/c1-14-13-25-19(21-14)27-20(22-25)23-11-8-15(9-12-23)17-5-3-2-4-10-24(17)18(26)16-6-7-16/h13,15-17H,2-12H2,1H3. The highest BCUT2D eigenvalue weighted by atomic mass is 32.1. The highest BCUT2D eigenvalue weighted by Gasteiger charge is 2.40. The lowest BCUT2D eigenvalue weighted by molar-refractivity contribution is -0.136. The highest BCUT2D eigenvalue weighted by molar-refractivity contribution is 7.20. The van der Waals surface area contributed by atoms with Crippen LogP contribution >= 0.6 is 11.3 Å². The first-order valence-corrected chi connectivity index (χ1v) is 11.4. The van der Waals surface area contributed by atoms with Gasteiger partial charge in [0.1, 0.15) is 0 Å². The van der Waals surface area contributed by atoms with E-state index in [9.17, 15) is 4.79 Å². The SMILES string of the molecule is Cc1cn2nc(N3CCC(C4CCCCCN4C(=O)C4CC4)CC3)sc2n1. The van der Waals surface area contributed by atoms with E-state index < -0.39 is 0 Å². The van der Waals surface area contributed by atoms with Crippen molar-refractivity contribution in [2.75, 3.05) is 24.5 Å². The summed E-state index contributed by atoms with van der Waals surface area (Å²) in [5.74, 6) is 1.45. The van der Waals surface area contributed by atoms with Crippen molar-refractivity contribution in [3.63, 3.8) is 0 Å². The van der Waals surface area contributed by atoms with Crippen LogP contribution in [0.2, 0.25) is 0 Å². The Bertz CT molecular complexity index is 786. The number of hydrogen-bond donors (Lipinski definition) is 0. The summed E-state index contributed by atoms with van der Waals surface area (Å²) in [5, 5.41) is 5.80. The molecule has 0 aromatic carbocycles. The van der Waals surface area contributed by atoms with Gasteiger partial charge in [0.2, 0.25) is 16.0 Å². The van der Waals surface area contributed by atoms with E-state index in [4.69, 9.17) is 5.10 Å². The van der Waals surface area contributed by atoms with Crippen LogP contribution in [0.25, 0.3) is 4.96 Å². The average Bonchev–Trinajstić information content (AvgIpc) is 3.41. The number of imidazole rings is 1. The average molecular weight is 388 g/mol. The lowest BCUT2D eigenvalue weighted by Crippen LogP contribution is -2.48. The quantitative estimate of drug-likeness (QED) is 0.809. The van der Waals surface area contributed by atoms with Crippen molar-refractivity contribution in [3.05, 3.63) is 11.9 Å². The Morgan fingerprint density at radius 1 is 1.07 bits per heavy atom. The molecule has 4 heterocycles. The second-order valence-corrected chi connectivity index (χ2v) is 9.48. The Kier molecular flexibility index (Phi) is 4.58. The molecule has 7 heteroatoms. The molecule has 1 unspecified atom stereocenters. The second-order valence-electron chi connectivity index (χ2n) is 8.54. The summed E-state index contributed by atoms with van der Waals surface area (Å²) in [6.07, 6.45) is 11.5. The molecule has 2 saturated heterocycles. The van der Waals surface area contributed by atoms with Crippen LogP contribution in [-0.4, -0.2) is 51.1 Å². The first-order valence-electron chi connectivity index (χ1n) is 10.6. The minimum Gasteiger partial charge on any atom is -0.347 e. The maximum absolute atomic E-state index is 12.8. The normalized spacial score (nSPS) is 25.1. The Balaban J connectivity index is 1.26. The molecular weight excluding hydrogens is 358 g/mol. The molecule has 2 aromatic heterocycles. The Hall–Kier alpha value is -1.63. The van der Waals surface area contributed by atoms with Crippen molar-refractivity contribution in [1.82, 2.24) is 19.5 Å². The molecule has 3 fully saturated rings. The van der Waals surface area contributed by atoms with Crippen molar-refractivity contribution in [1.29, 1.82) is 0 Å². The van der Waals surface area contributed by atoms with E-state index in [2.05, 4.69) is 14.8 Å². The topological polar surface area (TPSA) is 53.7 Å². The predicted molar refractivity (Wildman–Crippen MR) is 107 cm³/mol. The number of nitrogens with zero attached hydrogens (tertiary/aromatic N) is 5. The van der Waals surface area contributed by atoms with E-state index in [1.165, 1.54) is 38.5 Å².